The van der Waals surface area contributed by atoms with Crippen molar-refractivity contribution in [2.45, 2.75) is 122 Å². The molecular weight excluding hydrogens is 721 g/mol. The number of nitrogens with one attached hydrogen (secondary N) is 1. The van der Waals surface area contributed by atoms with Crippen molar-refractivity contribution in [2.24, 2.45) is 0 Å². The summed E-state index contributed by atoms with van der Waals surface area (Å²) < 4.78 is 32.6. The summed E-state index contributed by atoms with van der Waals surface area (Å²) in [6, 6.07) is 38.2. The van der Waals surface area contributed by atoms with Crippen LogP contribution in [0.25, 0.3) is 0 Å². The van der Waals surface area contributed by atoms with Gasteiger partial charge in [-0.05, 0) is 70.2 Å². The van der Waals surface area contributed by atoms with Crippen LogP contribution in [0.2, 0.25) is 0 Å². The van der Waals surface area contributed by atoms with E-state index in [1.807, 2.05) is 163 Å². The minimum absolute atomic E-state index is 0.0635. The number of nitrogens with zero attached hydrogens (tertiary/aromatic N) is 1. The molecule has 5 rings (SSSR count). The van der Waals surface area contributed by atoms with Gasteiger partial charge in [0.15, 0.2) is 0 Å². The van der Waals surface area contributed by atoms with E-state index in [0.29, 0.717) is 0 Å². The summed E-state index contributed by atoms with van der Waals surface area (Å²) in [5.41, 5.74) is 0.913. The van der Waals surface area contributed by atoms with Crippen LogP contribution in [0, 0.1) is 0 Å². The first-order chi connectivity index (χ1) is 27.2. The number of aliphatic hydroxyl groups excluding tert-OH is 1. The van der Waals surface area contributed by atoms with Crippen LogP contribution < -0.4 is 5.32 Å². The van der Waals surface area contributed by atoms with Crippen LogP contribution in [0.15, 0.2) is 121 Å². The second-order valence-corrected chi connectivity index (χ2v) is 16.9. The highest BCUT2D eigenvalue weighted by atomic mass is 16.6. The first-order valence-electron chi connectivity index (χ1n) is 19.9. The highest BCUT2D eigenvalue weighted by Crippen LogP contribution is 2.38. The van der Waals surface area contributed by atoms with E-state index in [1.54, 1.807) is 4.90 Å². The van der Waals surface area contributed by atoms with Crippen molar-refractivity contribution in [1.82, 2.24) is 10.2 Å². The third kappa shape index (κ3) is 13.5. The minimum atomic E-state index is -1.58. The molecule has 1 unspecified atom stereocenters. The summed E-state index contributed by atoms with van der Waals surface area (Å²) >= 11 is 0. The smallest absolute Gasteiger partial charge is 0.410 e. The van der Waals surface area contributed by atoms with Crippen molar-refractivity contribution in [3.8, 4) is 0 Å². The third-order valence-electron chi connectivity index (χ3n) is 9.93. The van der Waals surface area contributed by atoms with Gasteiger partial charge in [0, 0.05) is 24.2 Å². The molecular formula is C47H62N2O8. The van der Waals surface area contributed by atoms with Crippen molar-refractivity contribution in [3.05, 3.63) is 144 Å². The summed E-state index contributed by atoms with van der Waals surface area (Å²) in [5, 5.41) is 27.5. The molecule has 1 aliphatic rings. The van der Waals surface area contributed by atoms with Crippen molar-refractivity contribution in [1.29, 1.82) is 0 Å². The van der Waals surface area contributed by atoms with Gasteiger partial charge in [-0.1, -0.05) is 121 Å². The van der Waals surface area contributed by atoms with Crippen LogP contribution in [-0.2, 0) is 50.1 Å². The fourth-order valence-electron chi connectivity index (χ4n) is 7.10. The second kappa shape index (κ2) is 20.5. The lowest BCUT2D eigenvalue weighted by molar-refractivity contribution is -0.256. The number of hydrogen-bond donors (Lipinski definition) is 3. The molecule has 0 bridgehead atoms. The zero-order valence-electron chi connectivity index (χ0n) is 34.4. The lowest BCUT2D eigenvalue weighted by atomic mass is 9.75. The maximum Gasteiger partial charge on any atom is 0.410 e. The van der Waals surface area contributed by atoms with E-state index in [1.165, 1.54) is 0 Å². The number of carbonyl (C=O) groups excluding carboxylic acids is 1. The minimum Gasteiger partial charge on any atom is -0.444 e. The molecule has 0 aromatic heterocycles. The summed E-state index contributed by atoms with van der Waals surface area (Å²) in [6.07, 6.45) is -2.73. The SMILES string of the molecule is CC(C)(C)OC(=O)N(C[C@@H](CO)NC1C[C@](O)(COCc2ccccc2)[C@@H](OCc2ccccc2)[C@H](OCc2ccccc2)[C@H]1OCc1ccccc1)C(C)(C)C. The number of benzene rings is 4. The fraction of sp³-hybridized carbons (Fsp3) is 0.468. The molecule has 1 amide bonds. The molecule has 10 nitrogen and oxygen atoms in total. The standard InChI is InChI=1S/C47H62N2O8/c1-45(2,3)49(44(51)57-46(4,5)6)28-39(29-50)48-40-27-47(52,34-53-30-35-19-11-7-12-20-35)43(56-33-38-25-17-10-18-26-38)42(55-32-37-23-15-9-16-24-37)41(40)54-31-36-21-13-8-14-22-36/h7-26,39-43,48,50,52H,27-34H2,1-6H3/t39-,40?,41-,42+,43-,47-/m0/s1. The normalized spacial score (nSPS) is 21.8. The van der Waals surface area contributed by atoms with Gasteiger partial charge in [0.1, 0.15) is 29.5 Å². The number of rotatable bonds is 18. The maximum atomic E-state index is 13.6. The highest BCUT2D eigenvalue weighted by Gasteiger charge is 2.55. The topological polar surface area (TPSA) is 119 Å². The summed E-state index contributed by atoms with van der Waals surface area (Å²) in [7, 11) is 0. The Kier molecular flexibility index (Phi) is 15.8. The van der Waals surface area contributed by atoms with E-state index in [9.17, 15) is 15.0 Å². The molecule has 0 heterocycles. The third-order valence-corrected chi connectivity index (χ3v) is 9.93. The number of carbonyl (C=O) groups is 1. The Bertz CT molecular complexity index is 1750. The van der Waals surface area contributed by atoms with Crippen molar-refractivity contribution in [2.75, 3.05) is 19.8 Å². The lowest BCUT2D eigenvalue weighted by Gasteiger charge is -2.51. The summed E-state index contributed by atoms with van der Waals surface area (Å²) in [4.78, 5) is 15.2. The van der Waals surface area contributed by atoms with Gasteiger partial charge in [0.05, 0.1) is 39.6 Å². The zero-order valence-corrected chi connectivity index (χ0v) is 34.4. The molecule has 1 fully saturated rings. The van der Waals surface area contributed by atoms with Crippen LogP contribution >= 0.6 is 0 Å². The summed E-state index contributed by atoms with van der Waals surface area (Å²) in [6.45, 7) is 12.1. The van der Waals surface area contributed by atoms with Crippen molar-refractivity contribution in [3.63, 3.8) is 0 Å². The average Bonchev–Trinajstić information content (AvgIpc) is 3.18. The van der Waals surface area contributed by atoms with Gasteiger partial charge in [0.2, 0.25) is 0 Å². The van der Waals surface area contributed by atoms with E-state index in [-0.39, 0.29) is 52.6 Å². The van der Waals surface area contributed by atoms with Gasteiger partial charge in [-0.25, -0.2) is 4.79 Å². The van der Waals surface area contributed by atoms with Gasteiger partial charge < -0.3 is 44.1 Å². The van der Waals surface area contributed by atoms with Crippen LogP contribution in [0.1, 0.15) is 70.2 Å². The number of ether oxygens (including phenoxy) is 5. The fourth-order valence-corrected chi connectivity index (χ4v) is 7.10. The molecule has 10 heteroatoms. The average molecular weight is 783 g/mol. The molecule has 4 aromatic rings. The van der Waals surface area contributed by atoms with E-state index in [2.05, 4.69) is 5.32 Å². The van der Waals surface area contributed by atoms with Crippen molar-refractivity contribution < 1.29 is 38.7 Å². The Hall–Kier alpha value is -4.13. The van der Waals surface area contributed by atoms with Crippen LogP contribution in [-0.4, -0.2) is 88.1 Å². The molecule has 308 valence electrons. The molecule has 3 N–H and O–H groups in total. The first kappa shape index (κ1) is 44.0. The van der Waals surface area contributed by atoms with Gasteiger partial charge in [-0.15, -0.1) is 0 Å². The molecule has 4 aromatic carbocycles. The van der Waals surface area contributed by atoms with E-state index < -0.39 is 53.2 Å². The van der Waals surface area contributed by atoms with Gasteiger partial charge >= 0.3 is 6.09 Å². The number of hydrogen-bond acceptors (Lipinski definition) is 9. The maximum absolute atomic E-state index is 13.6. The van der Waals surface area contributed by atoms with Gasteiger partial charge in [0.25, 0.3) is 0 Å². The Morgan fingerprint density at radius 3 is 1.58 bits per heavy atom. The van der Waals surface area contributed by atoms with Gasteiger partial charge in [-0.3, -0.25) is 0 Å². The van der Waals surface area contributed by atoms with E-state index in [4.69, 9.17) is 23.7 Å². The quantitative estimate of drug-likeness (QED) is 0.0947. The molecule has 0 spiro atoms. The molecule has 0 radical (unpaired) electrons. The molecule has 6 atom stereocenters. The highest BCUT2D eigenvalue weighted by molar-refractivity contribution is 5.69. The largest absolute Gasteiger partial charge is 0.444 e. The molecule has 1 aliphatic carbocycles. The lowest BCUT2D eigenvalue weighted by Crippen LogP contribution is -2.70. The molecule has 0 saturated heterocycles. The Morgan fingerprint density at radius 1 is 0.702 bits per heavy atom. The summed E-state index contributed by atoms with van der Waals surface area (Å²) in [5.74, 6) is 0. The second-order valence-electron chi connectivity index (χ2n) is 16.9. The zero-order chi connectivity index (χ0) is 40.9. The number of amides is 1. The van der Waals surface area contributed by atoms with Crippen LogP contribution in [0.4, 0.5) is 4.79 Å². The molecule has 0 aliphatic heterocycles. The number of aliphatic hydroxyl groups is 2. The Balaban J connectivity index is 1.53. The Labute approximate surface area is 339 Å². The molecule has 1 saturated carbocycles. The van der Waals surface area contributed by atoms with E-state index >= 15 is 0 Å². The monoisotopic (exact) mass is 782 g/mol. The predicted molar refractivity (Wildman–Crippen MR) is 221 cm³/mol. The van der Waals surface area contributed by atoms with Crippen molar-refractivity contribution >= 4 is 6.09 Å². The van der Waals surface area contributed by atoms with Gasteiger partial charge in [-0.2, -0.15) is 0 Å². The van der Waals surface area contributed by atoms with E-state index in [0.717, 1.165) is 22.3 Å². The Morgan fingerprint density at radius 2 is 1.14 bits per heavy atom. The van der Waals surface area contributed by atoms with Crippen LogP contribution in [0.3, 0.4) is 0 Å². The molecule has 57 heavy (non-hydrogen) atoms. The van der Waals surface area contributed by atoms with Crippen LogP contribution in [0.5, 0.6) is 0 Å². The first-order valence-corrected chi connectivity index (χ1v) is 19.9. The predicted octanol–water partition coefficient (Wildman–Crippen LogP) is 7.45.